The largest absolute Gasteiger partial charge is 0.480 e. The van der Waals surface area contributed by atoms with E-state index in [1.807, 2.05) is 0 Å². The van der Waals surface area contributed by atoms with Gasteiger partial charge in [-0.3, -0.25) is 24.2 Å². The normalized spacial score (nSPS) is 13.8. The molecule has 1 rings (SSSR count). The molecule has 0 aromatic heterocycles. The molecule has 204 valence electrons. The van der Waals surface area contributed by atoms with Crippen molar-refractivity contribution >= 4 is 35.6 Å². The Morgan fingerprint density at radius 3 is 1.97 bits per heavy atom. The van der Waals surface area contributed by atoms with Crippen LogP contribution in [0, 0.1) is 0 Å². The molecule has 4 atom stereocenters. The third-order valence-electron chi connectivity index (χ3n) is 5.05. The molecule has 0 aliphatic carbocycles. The summed E-state index contributed by atoms with van der Waals surface area (Å²) < 4.78 is 0. The molecule has 0 saturated heterocycles. The second kappa shape index (κ2) is 15.7. The van der Waals surface area contributed by atoms with E-state index >= 15 is 0 Å². The Hall–Kier alpha value is -4.24. The monoisotopic (exact) mass is 522 g/mol. The number of carbonyl (C=O) groups is 5. The van der Waals surface area contributed by atoms with Crippen LogP contribution in [0.2, 0.25) is 0 Å². The van der Waals surface area contributed by atoms with Crippen molar-refractivity contribution in [3.05, 3.63) is 35.9 Å². The van der Waals surface area contributed by atoms with Crippen molar-refractivity contribution in [2.45, 2.75) is 49.9 Å². The molecule has 37 heavy (non-hydrogen) atoms. The lowest BCUT2D eigenvalue weighted by molar-refractivity contribution is -0.142. The van der Waals surface area contributed by atoms with Gasteiger partial charge in [-0.15, -0.1) is 0 Å². The van der Waals surface area contributed by atoms with Gasteiger partial charge in [-0.25, -0.2) is 4.79 Å². The standard InChI is InChI=1S/C22H34N8O7/c23-13(11-31)18(33)29-15(9-12-5-2-1-3-6-12)19(34)30-16(10-17(24)32)20(35)28-14(21(36)37)7-4-8-27-22(25)26/h1-3,5-6,13-16,31H,4,7-11,23H2,(H2,24,32)(H,28,35)(H,29,33)(H,30,34)(H,36,37)(H4,25,26,27). The van der Waals surface area contributed by atoms with Crippen LogP contribution in [0.25, 0.3) is 0 Å². The molecule has 0 spiro atoms. The van der Waals surface area contributed by atoms with Crippen molar-refractivity contribution < 1.29 is 34.2 Å². The zero-order valence-corrected chi connectivity index (χ0v) is 20.1. The molecular weight excluding hydrogens is 488 g/mol. The van der Waals surface area contributed by atoms with Crippen molar-refractivity contribution in [1.29, 1.82) is 0 Å². The maximum Gasteiger partial charge on any atom is 0.326 e. The summed E-state index contributed by atoms with van der Waals surface area (Å²) in [6.07, 6.45) is -0.469. The number of carbonyl (C=O) groups excluding carboxylic acids is 4. The van der Waals surface area contributed by atoms with Crippen molar-refractivity contribution in [2.24, 2.45) is 27.9 Å². The summed E-state index contributed by atoms with van der Waals surface area (Å²) in [5.74, 6) is -5.11. The highest BCUT2D eigenvalue weighted by atomic mass is 16.4. The molecule has 0 bridgehead atoms. The molecule has 0 aliphatic heterocycles. The highest BCUT2D eigenvalue weighted by Crippen LogP contribution is 2.06. The van der Waals surface area contributed by atoms with E-state index in [4.69, 9.17) is 28.0 Å². The number of hydrogen-bond donors (Lipinski definition) is 9. The molecule has 0 saturated carbocycles. The van der Waals surface area contributed by atoms with Gasteiger partial charge < -0.3 is 49.1 Å². The Morgan fingerprint density at radius 2 is 1.43 bits per heavy atom. The third kappa shape index (κ3) is 11.8. The predicted octanol–water partition coefficient (Wildman–Crippen LogP) is -3.98. The fourth-order valence-electron chi connectivity index (χ4n) is 3.14. The average Bonchev–Trinajstić information content (AvgIpc) is 2.84. The van der Waals surface area contributed by atoms with E-state index < -0.39 is 66.8 Å². The van der Waals surface area contributed by atoms with Crippen molar-refractivity contribution in [3.63, 3.8) is 0 Å². The Bertz CT molecular complexity index is 969. The lowest BCUT2D eigenvalue weighted by Crippen LogP contribution is -2.58. The van der Waals surface area contributed by atoms with Gasteiger partial charge in [0, 0.05) is 13.0 Å². The first-order valence-corrected chi connectivity index (χ1v) is 11.3. The van der Waals surface area contributed by atoms with E-state index in [2.05, 4.69) is 20.9 Å². The van der Waals surface area contributed by atoms with Crippen LogP contribution < -0.4 is 38.9 Å². The molecular formula is C22H34N8O7. The third-order valence-corrected chi connectivity index (χ3v) is 5.05. The van der Waals surface area contributed by atoms with E-state index in [-0.39, 0.29) is 31.8 Å². The molecule has 0 aliphatic rings. The number of nitrogens with zero attached hydrogens (tertiary/aromatic N) is 1. The van der Waals surface area contributed by atoms with Gasteiger partial charge in [0.2, 0.25) is 23.6 Å². The topological polar surface area (TPSA) is 278 Å². The molecule has 4 amide bonds. The number of primary amides is 1. The molecule has 15 heteroatoms. The summed E-state index contributed by atoms with van der Waals surface area (Å²) in [6, 6.07) is 3.14. The van der Waals surface area contributed by atoms with E-state index in [1.165, 1.54) is 0 Å². The van der Waals surface area contributed by atoms with E-state index in [1.54, 1.807) is 30.3 Å². The number of hydrogen-bond acceptors (Lipinski definition) is 8. The minimum absolute atomic E-state index is 0.00991. The number of aliphatic hydroxyl groups is 1. The predicted molar refractivity (Wildman–Crippen MR) is 132 cm³/mol. The maximum atomic E-state index is 13.1. The number of nitrogens with one attached hydrogen (secondary N) is 3. The number of aliphatic hydroxyl groups excluding tert-OH is 1. The van der Waals surface area contributed by atoms with Crippen LogP contribution in [0.5, 0.6) is 0 Å². The Labute approximate surface area is 213 Å². The summed E-state index contributed by atoms with van der Waals surface area (Å²) in [5.41, 5.74) is 21.8. The fraction of sp³-hybridized carbons (Fsp3) is 0.455. The quantitative estimate of drug-likeness (QED) is 0.0576. The van der Waals surface area contributed by atoms with Gasteiger partial charge in [0.1, 0.15) is 24.2 Å². The first kappa shape index (κ1) is 30.8. The van der Waals surface area contributed by atoms with Crippen LogP contribution in [0.3, 0.4) is 0 Å². The van der Waals surface area contributed by atoms with E-state index in [0.717, 1.165) is 0 Å². The number of carboxylic acid groups (broad SMARTS) is 1. The Morgan fingerprint density at radius 1 is 0.865 bits per heavy atom. The minimum Gasteiger partial charge on any atom is -0.480 e. The maximum absolute atomic E-state index is 13.1. The second-order valence-electron chi connectivity index (χ2n) is 8.12. The summed E-state index contributed by atoms with van der Waals surface area (Å²) >= 11 is 0. The number of benzene rings is 1. The summed E-state index contributed by atoms with van der Waals surface area (Å²) in [5, 5.41) is 25.6. The van der Waals surface area contributed by atoms with Crippen LogP contribution in [0.15, 0.2) is 35.3 Å². The summed E-state index contributed by atoms with van der Waals surface area (Å²) in [4.78, 5) is 65.0. The van der Waals surface area contributed by atoms with Crippen molar-refractivity contribution in [2.75, 3.05) is 13.2 Å². The zero-order chi connectivity index (χ0) is 28.0. The lowest BCUT2D eigenvalue weighted by atomic mass is 10.0. The number of guanidine groups is 1. The van der Waals surface area contributed by atoms with Gasteiger partial charge in [-0.1, -0.05) is 30.3 Å². The van der Waals surface area contributed by atoms with Gasteiger partial charge in [0.25, 0.3) is 0 Å². The number of rotatable bonds is 16. The highest BCUT2D eigenvalue weighted by molar-refractivity contribution is 5.96. The van der Waals surface area contributed by atoms with Crippen LogP contribution in [-0.4, -0.2) is 83.1 Å². The van der Waals surface area contributed by atoms with E-state index in [0.29, 0.717) is 5.56 Å². The SMILES string of the molecule is NC(=O)CC(NC(=O)C(Cc1ccccc1)NC(=O)C(N)CO)C(=O)NC(CCCN=C(N)N)C(=O)O. The van der Waals surface area contributed by atoms with Gasteiger partial charge >= 0.3 is 5.97 Å². The first-order valence-electron chi connectivity index (χ1n) is 11.3. The average molecular weight is 523 g/mol. The molecule has 4 unspecified atom stereocenters. The smallest absolute Gasteiger partial charge is 0.326 e. The van der Waals surface area contributed by atoms with Gasteiger partial charge in [-0.2, -0.15) is 0 Å². The minimum atomic E-state index is -1.54. The number of carboxylic acids is 1. The second-order valence-corrected chi connectivity index (χ2v) is 8.12. The molecule has 15 nitrogen and oxygen atoms in total. The Balaban J connectivity index is 3.03. The molecule has 1 aromatic carbocycles. The van der Waals surface area contributed by atoms with Crippen LogP contribution in [-0.2, 0) is 30.4 Å². The van der Waals surface area contributed by atoms with E-state index in [9.17, 15) is 29.1 Å². The fourth-order valence-corrected chi connectivity index (χ4v) is 3.14. The van der Waals surface area contributed by atoms with Crippen molar-refractivity contribution in [1.82, 2.24) is 16.0 Å². The van der Waals surface area contributed by atoms with Crippen molar-refractivity contribution in [3.8, 4) is 0 Å². The lowest BCUT2D eigenvalue weighted by Gasteiger charge is -2.24. The summed E-state index contributed by atoms with van der Waals surface area (Å²) in [6.45, 7) is -0.543. The molecule has 0 radical (unpaired) electrons. The number of aliphatic imine (C=N–C) groups is 1. The highest BCUT2D eigenvalue weighted by Gasteiger charge is 2.31. The molecule has 1 aromatic rings. The first-order chi connectivity index (χ1) is 17.4. The van der Waals surface area contributed by atoms with Gasteiger partial charge in [0.05, 0.1) is 13.0 Å². The molecule has 0 fully saturated rings. The van der Waals surface area contributed by atoms with Gasteiger partial charge in [-0.05, 0) is 18.4 Å². The van der Waals surface area contributed by atoms with Crippen LogP contribution in [0.1, 0.15) is 24.8 Å². The molecule has 13 N–H and O–H groups in total. The number of amides is 4. The molecule has 0 heterocycles. The van der Waals surface area contributed by atoms with Crippen LogP contribution >= 0.6 is 0 Å². The van der Waals surface area contributed by atoms with Gasteiger partial charge in [0.15, 0.2) is 5.96 Å². The zero-order valence-electron chi connectivity index (χ0n) is 20.1. The number of aliphatic carboxylic acids is 1. The Kier molecular flexibility index (Phi) is 13.1. The summed E-state index contributed by atoms with van der Waals surface area (Å²) in [7, 11) is 0. The number of nitrogens with two attached hydrogens (primary N) is 4. The van der Waals surface area contributed by atoms with Crippen LogP contribution in [0.4, 0.5) is 0 Å².